The molecule has 0 aliphatic heterocycles. The fourth-order valence-corrected chi connectivity index (χ4v) is 12.6. The fraction of sp³-hybridized carbons (Fsp3) is 0.0909. The molecule has 0 unspecified atom stereocenters. The lowest BCUT2D eigenvalue weighted by Crippen LogP contribution is -2.37. The molecule has 0 aromatic heterocycles. The maximum absolute atomic E-state index is 9.84. The van der Waals surface area contributed by atoms with Gasteiger partial charge < -0.3 is 9.80 Å². The summed E-state index contributed by atoms with van der Waals surface area (Å²) < 4.78 is 0. The summed E-state index contributed by atoms with van der Waals surface area (Å²) >= 11 is 0. The Balaban J connectivity index is 1.23. The topological polar surface area (TPSA) is 34.6 Å². The van der Waals surface area contributed by atoms with Crippen molar-refractivity contribution in [1.82, 2.24) is 0 Å². The highest BCUT2D eigenvalue weighted by Gasteiger charge is 2.24. The molecule has 0 aliphatic carbocycles. The molecule has 11 aromatic rings. The summed E-state index contributed by atoms with van der Waals surface area (Å²) in [5.74, 6) is 0. The molecule has 0 fully saturated rings. The van der Waals surface area contributed by atoms with Crippen molar-refractivity contribution in [3.63, 3.8) is 0 Å². The third-order valence-electron chi connectivity index (χ3n) is 14.2. The molecular weight excluding hydrogens is 905 g/mol. The summed E-state index contributed by atoms with van der Waals surface area (Å²) in [5, 5.41) is 22.0. The van der Waals surface area contributed by atoms with Crippen LogP contribution in [0.3, 0.4) is 0 Å². The number of rotatable bonds is 10. The second kappa shape index (κ2) is 18.3. The van der Waals surface area contributed by atoms with Gasteiger partial charge in [0, 0.05) is 34.1 Å². The van der Waals surface area contributed by atoms with Gasteiger partial charge in [0.05, 0.1) is 34.4 Å². The van der Waals surface area contributed by atoms with E-state index in [-0.39, 0.29) is 0 Å². The summed E-state index contributed by atoms with van der Waals surface area (Å²) in [6.45, 7) is 22.1. The first kappa shape index (κ1) is 45.9. The average Bonchev–Trinajstić information content (AvgIpc) is 3.40. The first-order valence-corrected chi connectivity index (χ1v) is 31.7. The minimum absolute atomic E-state index is 0.608. The number of nitrogens with zero attached hydrogens (tertiary/aromatic N) is 4. The average molecular weight is 959 g/mol. The second-order valence-corrected chi connectivity index (χ2v) is 31.0. The van der Waals surface area contributed by atoms with Gasteiger partial charge in [0.25, 0.3) is 0 Å². The van der Waals surface area contributed by atoms with E-state index >= 15 is 0 Å². The molecule has 0 spiro atoms. The van der Waals surface area contributed by atoms with E-state index < -0.39 is 16.1 Å². The van der Waals surface area contributed by atoms with Gasteiger partial charge in [-0.2, -0.15) is 5.26 Å². The van der Waals surface area contributed by atoms with Crippen LogP contribution in [0, 0.1) is 17.9 Å². The van der Waals surface area contributed by atoms with Gasteiger partial charge in [-0.1, -0.05) is 171 Å². The lowest BCUT2D eigenvalue weighted by Gasteiger charge is -2.29. The Morgan fingerprint density at radius 2 is 0.736 bits per heavy atom. The van der Waals surface area contributed by atoms with Crippen molar-refractivity contribution >= 4 is 109 Å². The summed E-state index contributed by atoms with van der Waals surface area (Å²) in [6.07, 6.45) is 0. The van der Waals surface area contributed by atoms with Crippen LogP contribution in [0.5, 0.6) is 0 Å². The quantitative estimate of drug-likeness (QED) is 0.0778. The molecule has 346 valence electrons. The van der Waals surface area contributed by atoms with Crippen LogP contribution in [0.2, 0.25) is 39.3 Å². The summed E-state index contributed by atoms with van der Waals surface area (Å²) in [4.78, 5) is 8.40. The van der Waals surface area contributed by atoms with Crippen LogP contribution in [0.15, 0.2) is 218 Å². The van der Waals surface area contributed by atoms with Crippen molar-refractivity contribution in [2.24, 2.45) is 0 Å². The predicted octanol–water partition coefficient (Wildman–Crippen LogP) is 18.1. The summed E-state index contributed by atoms with van der Waals surface area (Å²) in [7, 11) is -3.15. The van der Waals surface area contributed by atoms with Gasteiger partial charge in [0.2, 0.25) is 0 Å². The van der Waals surface area contributed by atoms with Crippen LogP contribution in [-0.4, -0.2) is 16.1 Å². The smallest absolute Gasteiger partial charge is 0.187 e. The molecule has 6 heteroatoms. The highest BCUT2D eigenvalue weighted by Crippen LogP contribution is 2.49. The molecule has 4 nitrogen and oxygen atoms in total. The first-order chi connectivity index (χ1) is 34.8. The first-order valence-electron chi connectivity index (χ1n) is 24.7. The number of hydrogen-bond donors (Lipinski definition) is 0. The van der Waals surface area contributed by atoms with E-state index in [0.717, 1.165) is 77.9 Å². The standard InChI is InChI=1S/C66H54N4Si2/c1-68-52-22-26-54(27-23-52)70(56-30-36-60(37-31-56)72(5,6)7)58-33-39-62-64(43-58)66(51-21-19-47-13-9-11-15-49(47)41-51)61-38-32-57(42-63(61)65(62)50-20-18-46-12-8-10-14-48(46)40-50)69(53-24-16-45(44-67)17-25-53)55-28-34-59(35-29-55)71(2,3)4/h8-43H,2-7H3. The van der Waals surface area contributed by atoms with E-state index in [0.29, 0.717) is 11.3 Å². The van der Waals surface area contributed by atoms with E-state index in [1.807, 2.05) is 24.3 Å². The van der Waals surface area contributed by atoms with Crippen molar-refractivity contribution in [3.05, 3.63) is 235 Å². The number of fused-ring (bicyclic) bond motifs is 4. The normalized spacial score (nSPS) is 11.7. The maximum Gasteiger partial charge on any atom is 0.187 e. The Hall–Kier alpha value is -8.53. The van der Waals surface area contributed by atoms with Crippen molar-refractivity contribution in [1.29, 1.82) is 5.26 Å². The Bertz CT molecular complexity index is 3680. The zero-order valence-corrected chi connectivity index (χ0v) is 43.6. The fourth-order valence-electron chi connectivity index (χ4n) is 10.3. The van der Waals surface area contributed by atoms with Crippen molar-refractivity contribution in [2.75, 3.05) is 9.80 Å². The molecule has 0 bridgehead atoms. The van der Waals surface area contributed by atoms with Gasteiger partial charge in [-0.15, -0.1) is 0 Å². The minimum Gasteiger partial charge on any atom is -0.311 e. The third-order valence-corrected chi connectivity index (χ3v) is 18.3. The van der Waals surface area contributed by atoms with Crippen LogP contribution in [0.4, 0.5) is 39.8 Å². The van der Waals surface area contributed by atoms with Gasteiger partial charge in [-0.05, 0) is 162 Å². The Labute approximate surface area is 425 Å². The van der Waals surface area contributed by atoms with E-state index in [4.69, 9.17) is 6.57 Å². The Morgan fingerprint density at radius 1 is 0.375 bits per heavy atom. The molecule has 72 heavy (non-hydrogen) atoms. The SMILES string of the molecule is [C-]#[N+]c1ccc(N(c2ccc([Si](C)(C)C)cc2)c2ccc3c(-c4ccc5ccccc5c4)c4cc(N(c5ccc(C#N)cc5)c5ccc([Si](C)(C)C)cc5)ccc4c(-c4ccc5ccccc5c4)c3c2)cc1. The minimum atomic E-state index is -1.58. The molecule has 0 heterocycles. The molecule has 11 aromatic carbocycles. The number of benzene rings is 11. The molecule has 0 saturated carbocycles. The third kappa shape index (κ3) is 8.62. The van der Waals surface area contributed by atoms with Crippen molar-refractivity contribution in [2.45, 2.75) is 39.3 Å². The molecule has 0 amide bonds. The summed E-state index contributed by atoms with van der Waals surface area (Å²) in [6, 6.07) is 81.4. The van der Waals surface area contributed by atoms with E-state index in [9.17, 15) is 5.26 Å². The van der Waals surface area contributed by atoms with Gasteiger partial charge in [0.15, 0.2) is 5.69 Å². The van der Waals surface area contributed by atoms with Crippen LogP contribution < -0.4 is 20.2 Å². The van der Waals surface area contributed by atoms with Gasteiger partial charge in [0.1, 0.15) is 0 Å². The van der Waals surface area contributed by atoms with Crippen LogP contribution in [0.1, 0.15) is 5.56 Å². The van der Waals surface area contributed by atoms with Crippen molar-refractivity contribution in [3.8, 4) is 28.3 Å². The maximum atomic E-state index is 9.84. The molecule has 0 saturated heterocycles. The highest BCUT2D eigenvalue weighted by molar-refractivity contribution is 6.89. The van der Waals surface area contributed by atoms with E-state index in [1.165, 1.54) is 31.9 Å². The van der Waals surface area contributed by atoms with Gasteiger partial charge >= 0.3 is 0 Å². The molecule has 0 N–H and O–H groups in total. The Kier molecular flexibility index (Phi) is 11.7. The lowest BCUT2D eigenvalue weighted by atomic mass is 9.84. The van der Waals surface area contributed by atoms with Crippen LogP contribution in [-0.2, 0) is 0 Å². The summed E-state index contributed by atoms with van der Waals surface area (Å²) in [5.41, 5.74) is 11.9. The largest absolute Gasteiger partial charge is 0.311 e. The predicted molar refractivity (Wildman–Crippen MR) is 314 cm³/mol. The lowest BCUT2D eigenvalue weighted by molar-refractivity contribution is 1.29. The molecular formula is C66H54N4Si2. The van der Waals surface area contributed by atoms with E-state index in [1.54, 1.807) is 0 Å². The number of hydrogen-bond acceptors (Lipinski definition) is 3. The van der Waals surface area contributed by atoms with E-state index in [2.05, 4.69) is 254 Å². The van der Waals surface area contributed by atoms with Gasteiger partial charge in [-0.3, -0.25) is 0 Å². The molecule has 11 rings (SSSR count). The monoisotopic (exact) mass is 958 g/mol. The highest BCUT2D eigenvalue weighted by atomic mass is 28.3. The zero-order chi connectivity index (χ0) is 49.7. The second-order valence-electron chi connectivity index (χ2n) is 20.9. The van der Waals surface area contributed by atoms with Crippen LogP contribution >= 0.6 is 0 Å². The number of nitriles is 1. The molecule has 0 atom stereocenters. The Morgan fingerprint density at radius 3 is 1.11 bits per heavy atom. The molecule has 0 radical (unpaired) electrons. The van der Waals surface area contributed by atoms with Crippen molar-refractivity contribution < 1.29 is 0 Å². The zero-order valence-electron chi connectivity index (χ0n) is 41.6. The number of anilines is 6. The van der Waals surface area contributed by atoms with Crippen LogP contribution in [0.25, 0.3) is 70.2 Å². The van der Waals surface area contributed by atoms with Gasteiger partial charge in [-0.25, -0.2) is 4.85 Å². The molecule has 0 aliphatic rings.